The number of hydrogen-bond acceptors (Lipinski definition) is 3. The standard InChI is InChI=1S/C19H22N4O2/c1-25-17-9-5-3-7-15(17)12-21-19(20)22-13-18(24)23-11-10-14-6-2-4-8-16(14)23/h2-9H,10-13H2,1H3,(H3,20,21,22). The largest absolute Gasteiger partial charge is 0.496 e. The lowest BCUT2D eigenvalue weighted by molar-refractivity contribution is -0.117. The highest BCUT2D eigenvalue weighted by molar-refractivity contribution is 5.98. The van der Waals surface area contributed by atoms with Gasteiger partial charge < -0.3 is 20.7 Å². The van der Waals surface area contributed by atoms with Gasteiger partial charge in [0.05, 0.1) is 20.2 Å². The predicted molar refractivity (Wildman–Crippen MR) is 98.8 cm³/mol. The first-order chi connectivity index (χ1) is 12.2. The minimum atomic E-state index is -0.0135. The van der Waals surface area contributed by atoms with Gasteiger partial charge in [0.1, 0.15) is 5.75 Å². The van der Waals surface area contributed by atoms with Gasteiger partial charge >= 0.3 is 0 Å². The summed E-state index contributed by atoms with van der Waals surface area (Å²) >= 11 is 0. The fourth-order valence-electron chi connectivity index (χ4n) is 2.92. The number of benzene rings is 2. The van der Waals surface area contributed by atoms with Crippen LogP contribution < -0.4 is 20.7 Å². The summed E-state index contributed by atoms with van der Waals surface area (Å²) in [6.07, 6.45) is 0.888. The van der Waals surface area contributed by atoms with E-state index in [1.165, 1.54) is 5.56 Å². The summed E-state index contributed by atoms with van der Waals surface area (Å²) in [6.45, 7) is 1.22. The third-order valence-corrected chi connectivity index (χ3v) is 4.22. The molecule has 0 spiro atoms. The number of guanidine groups is 1. The summed E-state index contributed by atoms with van der Waals surface area (Å²) in [5, 5.41) is 2.89. The van der Waals surface area contributed by atoms with E-state index < -0.39 is 0 Å². The van der Waals surface area contributed by atoms with Crippen LogP contribution in [-0.4, -0.2) is 32.1 Å². The van der Waals surface area contributed by atoms with Gasteiger partial charge in [-0.25, -0.2) is 4.99 Å². The Morgan fingerprint density at radius 1 is 1.24 bits per heavy atom. The second kappa shape index (κ2) is 7.70. The summed E-state index contributed by atoms with van der Waals surface area (Å²) in [5.41, 5.74) is 9.01. The van der Waals surface area contributed by atoms with Crippen molar-refractivity contribution in [1.29, 1.82) is 0 Å². The van der Waals surface area contributed by atoms with Crippen molar-refractivity contribution >= 4 is 17.6 Å². The lowest BCUT2D eigenvalue weighted by Crippen LogP contribution is -2.42. The number of nitrogens with two attached hydrogens (primary N) is 1. The number of methoxy groups -OCH3 is 1. The van der Waals surface area contributed by atoms with Crippen LogP contribution in [0.1, 0.15) is 11.1 Å². The normalized spacial score (nSPS) is 13.5. The molecule has 0 aliphatic carbocycles. The number of nitrogens with zero attached hydrogens (tertiary/aromatic N) is 2. The average molecular weight is 338 g/mol. The Balaban J connectivity index is 1.55. The van der Waals surface area contributed by atoms with E-state index in [1.54, 1.807) is 12.0 Å². The zero-order valence-electron chi connectivity index (χ0n) is 14.2. The first-order valence-electron chi connectivity index (χ1n) is 8.23. The van der Waals surface area contributed by atoms with Crippen LogP contribution in [0.4, 0.5) is 5.69 Å². The molecule has 1 heterocycles. The van der Waals surface area contributed by atoms with Crippen LogP contribution in [0.25, 0.3) is 0 Å². The molecule has 0 unspecified atom stereocenters. The number of carbonyl (C=O) groups is 1. The molecule has 3 N–H and O–H groups in total. The van der Waals surface area contributed by atoms with E-state index in [1.807, 2.05) is 42.5 Å². The van der Waals surface area contributed by atoms with Crippen molar-refractivity contribution in [3.63, 3.8) is 0 Å². The lowest BCUT2D eigenvalue weighted by Gasteiger charge is -2.17. The molecule has 25 heavy (non-hydrogen) atoms. The maximum absolute atomic E-state index is 12.4. The van der Waals surface area contributed by atoms with Crippen LogP contribution in [-0.2, 0) is 17.8 Å². The molecule has 2 aromatic rings. The molecule has 0 bridgehead atoms. The van der Waals surface area contributed by atoms with Crippen molar-refractivity contribution in [2.24, 2.45) is 10.7 Å². The number of rotatable bonds is 5. The highest BCUT2D eigenvalue weighted by Crippen LogP contribution is 2.27. The number of hydrogen-bond donors (Lipinski definition) is 2. The van der Waals surface area contributed by atoms with Gasteiger partial charge in [-0.15, -0.1) is 0 Å². The second-order valence-electron chi connectivity index (χ2n) is 5.79. The maximum Gasteiger partial charge on any atom is 0.246 e. The van der Waals surface area contributed by atoms with E-state index in [0.29, 0.717) is 13.1 Å². The molecule has 0 atom stereocenters. The Morgan fingerprint density at radius 3 is 2.84 bits per heavy atom. The zero-order valence-corrected chi connectivity index (χ0v) is 14.2. The molecular weight excluding hydrogens is 316 g/mol. The van der Waals surface area contributed by atoms with Gasteiger partial charge in [-0.2, -0.15) is 0 Å². The number of anilines is 1. The molecular formula is C19H22N4O2. The van der Waals surface area contributed by atoms with Crippen LogP contribution in [0.2, 0.25) is 0 Å². The summed E-state index contributed by atoms with van der Waals surface area (Å²) in [6, 6.07) is 15.6. The Morgan fingerprint density at radius 2 is 2.00 bits per heavy atom. The van der Waals surface area contributed by atoms with Crippen molar-refractivity contribution in [3.8, 4) is 5.75 Å². The number of carbonyl (C=O) groups excluding carboxylic acids is 1. The molecule has 0 aromatic heterocycles. The molecule has 1 aliphatic rings. The molecule has 6 heteroatoms. The summed E-state index contributed by atoms with van der Waals surface area (Å²) in [4.78, 5) is 18.5. The van der Waals surface area contributed by atoms with E-state index in [9.17, 15) is 4.79 Å². The topological polar surface area (TPSA) is 80.0 Å². The van der Waals surface area contributed by atoms with Gasteiger partial charge in [-0.05, 0) is 24.1 Å². The van der Waals surface area contributed by atoms with Gasteiger partial charge in [0.25, 0.3) is 0 Å². The summed E-state index contributed by atoms with van der Waals surface area (Å²) in [7, 11) is 1.62. The average Bonchev–Trinajstić information content (AvgIpc) is 3.09. The SMILES string of the molecule is COc1ccccc1CN=C(N)NCC(=O)N1CCc2ccccc21. The van der Waals surface area contributed by atoms with Gasteiger partial charge in [-0.3, -0.25) is 4.79 Å². The number of aliphatic imine (C=N–C) groups is 1. The van der Waals surface area contributed by atoms with Crippen LogP contribution in [0.5, 0.6) is 5.75 Å². The second-order valence-corrected chi connectivity index (χ2v) is 5.79. The maximum atomic E-state index is 12.4. The van der Waals surface area contributed by atoms with Gasteiger partial charge in [0.15, 0.2) is 5.96 Å². The molecule has 3 rings (SSSR count). The lowest BCUT2D eigenvalue weighted by atomic mass is 10.2. The van der Waals surface area contributed by atoms with E-state index in [4.69, 9.17) is 10.5 Å². The zero-order chi connectivity index (χ0) is 17.6. The van der Waals surface area contributed by atoms with Crippen LogP contribution >= 0.6 is 0 Å². The molecule has 1 amide bonds. The highest BCUT2D eigenvalue weighted by Gasteiger charge is 2.23. The molecule has 0 saturated heterocycles. The van der Waals surface area contributed by atoms with E-state index >= 15 is 0 Å². The predicted octanol–water partition coefficient (Wildman–Crippen LogP) is 1.69. The van der Waals surface area contributed by atoms with E-state index in [-0.39, 0.29) is 18.4 Å². The first kappa shape index (κ1) is 16.8. The molecule has 2 aromatic carbocycles. The Bertz CT molecular complexity index is 788. The third-order valence-electron chi connectivity index (χ3n) is 4.22. The minimum Gasteiger partial charge on any atom is -0.496 e. The molecule has 6 nitrogen and oxygen atoms in total. The van der Waals surface area contributed by atoms with Gasteiger partial charge in [-0.1, -0.05) is 36.4 Å². The number of para-hydroxylation sites is 2. The number of nitrogens with one attached hydrogen (secondary N) is 1. The number of amides is 1. The van der Waals surface area contributed by atoms with Gasteiger partial charge in [0, 0.05) is 17.8 Å². The van der Waals surface area contributed by atoms with Crippen molar-refractivity contribution in [1.82, 2.24) is 5.32 Å². The molecule has 130 valence electrons. The van der Waals surface area contributed by atoms with Crippen LogP contribution in [0, 0.1) is 0 Å². The van der Waals surface area contributed by atoms with Crippen LogP contribution in [0.3, 0.4) is 0 Å². The molecule has 0 radical (unpaired) electrons. The van der Waals surface area contributed by atoms with Crippen molar-refractivity contribution < 1.29 is 9.53 Å². The number of fused-ring (bicyclic) bond motifs is 1. The third kappa shape index (κ3) is 3.91. The quantitative estimate of drug-likeness (QED) is 0.642. The Hall–Kier alpha value is -3.02. The Kier molecular flexibility index (Phi) is 5.18. The highest BCUT2D eigenvalue weighted by atomic mass is 16.5. The first-order valence-corrected chi connectivity index (χ1v) is 8.23. The summed E-state index contributed by atoms with van der Waals surface area (Å²) < 4.78 is 5.29. The monoisotopic (exact) mass is 338 g/mol. The fourth-order valence-corrected chi connectivity index (χ4v) is 2.92. The van der Waals surface area contributed by atoms with Crippen molar-refractivity contribution in [2.45, 2.75) is 13.0 Å². The number of ether oxygens (including phenoxy) is 1. The van der Waals surface area contributed by atoms with E-state index in [0.717, 1.165) is 23.4 Å². The molecule has 0 fully saturated rings. The van der Waals surface area contributed by atoms with Crippen molar-refractivity contribution in [3.05, 3.63) is 59.7 Å². The van der Waals surface area contributed by atoms with Gasteiger partial charge in [0.2, 0.25) is 5.91 Å². The van der Waals surface area contributed by atoms with Crippen LogP contribution in [0.15, 0.2) is 53.5 Å². The summed E-state index contributed by atoms with van der Waals surface area (Å²) in [5.74, 6) is 0.996. The molecule has 0 saturated carbocycles. The molecule has 1 aliphatic heterocycles. The fraction of sp³-hybridized carbons (Fsp3) is 0.263. The van der Waals surface area contributed by atoms with Crippen molar-refractivity contribution in [2.75, 3.05) is 25.1 Å². The van der Waals surface area contributed by atoms with E-state index in [2.05, 4.69) is 16.4 Å². The minimum absolute atomic E-state index is 0.0135. The smallest absolute Gasteiger partial charge is 0.246 e. The Labute approximate surface area is 147 Å².